The van der Waals surface area contributed by atoms with Crippen LogP contribution < -0.4 is 0 Å². The number of rotatable bonds is 5. The van der Waals surface area contributed by atoms with Gasteiger partial charge in [-0.25, -0.2) is 12.8 Å². The van der Waals surface area contributed by atoms with Crippen molar-refractivity contribution in [1.82, 2.24) is 14.1 Å². The normalized spacial score (nSPS) is 20.3. The fourth-order valence-corrected chi connectivity index (χ4v) is 5.53. The van der Waals surface area contributed by atoms with Gasteiger partial charge in [-0.2, -0.15) is 4.31 Å². The number of piperazine rings is 1. The third-order valence-corrected chi connectivity index (χ3v) is 7.66. The fourth-order valence-electron chi connectivity index (χ4n) is 4.08. The van der Waals surface area contributed by atoms with E-state index < -0.39 is 21.8 Å². The van der Waals surface area contributed by atoms with Crippen LogP contribution in [0.5, 0.6) is 0 Å². The van der Waals surface area contributed by atoms with Crippen LogP contribution in [-0.4, -0.2) is 67.1 Å². The summed E-state index contributed by atoms with van der Waals surface area (Å²) < 4.78 is 40.2. The number of carbonyl (C=O) groups is 2. The van der Waals surface area contributed by atoms with Crippen molar-refractivity contribution in [2.75, 3.05) is 32.7 Å². The van der Waals surface area contributed by atoms with Crippen LogP contribution in [-0.2, 0) is 26.2 Å². The van der Waals surface area contributed by atoms with Crippen molar-refractivity contribution in [2.45, 2.75) is 17.9 Å². The van der Waals surface area contributed by atoms with E-state index in [0.29, 0.717) is 13.1 Å². The second-order valence-electron chi connectivity index (χ2n) is 7.85. The van der Waals surface area contributed by atoms with Crippen molar-refractivity contribution in [3.05, 3.63) is 66.0 Å². The van der Waals surface area contributed by atoms with Crippen LogP contribution in [0.2, 0.25) is 0 Å². The molecule has 2 saturated heterocycles. The van der Waals surface area contributed by atoms with Crippen LogP contribution in [0.1, 0.15) is 12.0 Å². The molecule has 2 amide bonds. The van der Waals surface area contributed by atoms with E-state index in [4.69, 9.17) is 0 Å². The summed E-state index contributed by atoms with van der Waals surface area (Å²) in [4.78, 5) is 28.6. The van der Waals surface area contributed by atoms with Crippen LogP contribution in [0.4, 0.5) is 4.39 Å². The van der Waals surface area contributed by atoms with E-state index in [1.165, 1.54) is 22.5 Å². The minimum Gasteiger partial charge on any atom is -0.340 e. The predicted octanol–water partition coefficient (Wildman–Crippen LogP) is 1.71. The zero-order valence-corrected chi connectivity index (χ0v) is 17.8. The zero-order valence-electron chi connectivity index (χ0n) is 17.0. The number of halogens is 1. The molecule has 1 unspecified atom stereocenters. The average molecular weight is 446 g/mol. The number of carbonyl (C=O) groups excluding carboxylic acids is 2. The number of hydrogen-bond donors (Lipinski definition) is 0. The molecule has 0 bridgehead atoms. The fraction of sp³-hybridized carbons (Fsp3) is 0.364. The molecule has 0 aliphatic carbocycles. The van der Waals surface area contributed by atoms with E-state index in [2.05, 4.69) is 0 Å². The minimum absolute atomic E-state index is 0.0467. The summed E-state index contributed by atoms with van der Waals surface area (Å²) in [5, 5.41) is 0. The summed E-state index contributed by atoms with van der Waals surface area (Å²) >= 11 is 0. The van der Waals surface area contributed by atoms with E-state index in [1.54, 1.807) is 9.80 Å². The lowest BCUT2D eigenvalue weighted by atomic mass is 10.1. The van der Waals surface area contributed by atoms with Crippen molar-refractivity contribution < 1.29 is 22.4 Å². The number of amides is 2. The molecule has 31 heavy (non-hydrogen) atoms. The molecule has 0 N–H and O–H groups in total. The first-order chi connectivity index (χ1) is 14.8. The van der Waals surface area contributed by atoms with Gasteiger partial charge in [0, 0.05) is 45.7 Å². The van der Waals surface area contributed by atoms with Crippen molar-refractivity contribution in [1.29, 1.82) is 0 Å². The second kappa shape index (κ2) is 8.76. The van der Waals surface area contributed by atoms with Gasteiger partial charge in [0.05, 0.1) is 10.8 Å². The Morgan fingerprint density at radius 2 is 1.71 bits per heavy atom. The Kier molecular flexibility index (Phi) is 6.06. The highest BCUT2D eigenvalue weighted by molar-refractivity contribution is 7.89. The number of likely N-dealkylation sites (tertiary alicyclic amines) is 1. The maximum Gasteiger partial charge on any atom is 0.243 e. The lowest BCUT2D eigenvalue weighted by molar-refractivity contribution is -0.137. The molecule has 2 aliphatic heterocycles. The van der Waals surface area contributed by atoms with Gasteiger partial charge in [0.2, 0.25) is 21.8 Å². The molecular formula is C22H24FN3O4S. The van der Waals surface area contributed by atoms with Crippen molar-refractivity contribution in [3.8, 4) is 0 Å². The average Bonchev–Trinajstić information content (AvgIpc) is 3.14. The second-order valence-corrected chi connectivity index (χ2v) is 9.79. The van der Waals surface area contributed by atoms with Gasteiger partial charge in [0.25, 0.3) is 0 Å². The molecule has 2 heterocycles. The van der Waals surface area contributed by atoms with Crippen LogP contribution >= 0.6 is 0 Å². The van der Waals surface area contributed by atoms with Crippen LogP contribution in [0.15, 0.2) is 59.5 Å². The molecule has 0 saturated carbocycles. The van der Waals surface area contributed by atoms with Crippen molar-refractivity contribution >= 4 is 21.8 Å². The monoisotopic (exact) mass is 445 g/mol. The van der Waals surface area contributed by atoms with Gasteiger partial charge < -0.3 is 9.80 Å². The Morgan fingerprint density at radius 1 is 1.00 bits per heavy atom. The van der Waals surface area contributed by atoms with Gasteiger partial charge in [-0.3, -0.25) is 9.59 Å². The highest BCUT2D eigenvalue weighted by Crippen LogP contribution is 2.24. The highest BCUT2D eigenvalue weighted by atomic mass is 32.2. The van der Waals surface area contributed by atoms with Crippen LogP contribution in [0, 0.1) is 11.7 Å². The topological polar surface area (TPSA) is 78.0 Å². The van der Waals surface area contributed by atoms with Crippen molar-refractivity contribution in [2.24, 2.45) is 5.92 Å². The summed E-state index contributed by atoms with van der Waals surface area (Å²) in [5.74, 6) is -1.19. The molecule has 1 atom stereocenters. The Morgan fingerprint density at radius 3 is 2.39 bits per heavy atom. The molecule has 7 nitrogen and oxygen atoms in total. The molecule has 2 aromatic rings. The van der Waals surface area contributed by atoms with Gasteiger partial charge in [0.15, 0.2) is 0 Å². The molecule has 2 fully saturated rings. The summed E-state index contributed by atoms with van der Waals surface area (Å²) in [5.41, 5.74) is 1.01. The molecule has 0 aromatic heterocycles. The van der Waals surface area contributed by atoms with Gasteiger partial charge in [0.1, 0.15) is 5.82 Å². The summed E-state index contributed by atoms with van der Waals surface area (Å²) in [6, 6.07) is 14.5. The summed E-state index contributed by atoms with van der Waals surface area (Å²) in [6.07, 6.45) is 0.174. The van der Waals surface area contributed by atoms with Gasteiger partial charge in [-0.1, -0.05) is 36.4 Å². The Balaban J connectivity index is 1.35. The third kappa shape index (κ3) is 4.62. The molecule has 0 radical (unpaired) electrons. The quantitative estimate of drug-likeness (QED) is 0.702. The Hall–Kier alpha value is -2.78. The highest BCUT2D eigenvalue weighted by Gasteiger charge is 2.38. The molecule has 2 aromatic carbocycles. The molecule has 0 spiro atoms. The first kappa shape index (κ1) is 21.5. The number of hydrogen-bond acceptors (Lipinski definition) is 4. The smallest absolute Gasteiger partial charge is 0.243 e. The van der Waals surface area contributed by atoms with E-state index in [9.17, 15) is 22.4 Å². The van der Waals surface area contributed by atoms with E-state index in [0.717, 1.165) is 11.6 Å². The van der Waals surface area contributed by atoms with Gasteiger partial charge >= 0.3 is 0 Å². The molecular weight excluding hydrogens is 421 g/mol. The van der Waals surface area contributed by atoms with Crippen LogP contribution in [0.3, 0.4) is 0 Å². The molecule has 4 rings (SSSR count). The first-order valence-corrected chi connectivity index (χ1v) is 11.6. The maximum absolute atomic E-state index is 13.4. The lowest BCUT2D eigenvalue weighted by Crippen LogP contribution is -2.52. The Bertz CT molecular complexity index is 1070. The van der Waals surface area contributed by atoms with Crippen LogP contribution in [0.25, 0.3) is 0 Å². The number of sulfonamides is 1. The van der Waals surface area contributed by atoms with E-state index >= 15 is 0 Å². The van der Waals surface area contributed by atoms with E-state index in [1.807, 2.05) is 30.3 Å². The largest absolute Gasteiger partial charge is 0.340 e. The number of nitrogens with zero attached hydrogens (tertiary/aromatic N) is 3. The lowest BCUT2D eigenvalue weighted by Gasteiger charge is -2.35. The standard InChI is InChI=1S/C22H24FN3O4S/c23-19-7-4-8-20(14-19)31(29,30)26-11-9-24(10-12-26)22(28)18-13-21(27)25(16-18)15-17-5-2-1-3-6-17/h1-8,14,18H,9-13,15-16H2. The number of benzene rings is 2. The maximum atomic E-state index is 13.4. The predicted molar refractivity (Wildman–Crippen MR) is 112 cm³/mol. The first-order valence-electron chi connectivity index (χ1n) is 10.2. The Labute approximate surface area is 181 Å². The molecule has 164 valence electrons. The summed E-state index contributed by atoms with van der Waals surface area (Å²) in [7, 11) is -3.81. The molecule has 9 heteroatoms. The third-order valence-electron chi connectivity index (χ3n) is 5.76. The summed E-state index contributed by atoms with van der Waals surface area (Å²) in [6.45, 7) is 1.61. The van der Waals surface area contributed by atoms with Gasteiger partial charge in [-0.15, -0.1) is 0 Å². The van der Waals surface area contributed by atoms with E-state index in [-0.39, 0.29) is 49.3 Å². The SMILES string of the molecule is O=C1CC(C(=O)N2CCN(S(=O)(=O)c3cccc(F)c3)CC2)CN1Cc1ccccc1. The zero-order chi connectivity index (χ0) is 22.0. The van der Waals surface area contributed by atoms with Gasteiger partial charge in [-0.05, 0) is 23.8 Å². The minimum atomic E-state index is -3.81. The molecule has 2 aliphatic rings. The van der Waals surface area contributed by atoms with Crippen molar-refractivity contribution in [3.63, 3.8) is 0 Å².